The Balaban J connectivity index is 2.24. The van der Waals surface area contributed by atoms with E-state index in [1.54, 1.807) is 11.3 Å². The third-order valence-electron chi connectivity index (χ3n) is 2.95. The zero-order chi connectivity index (χ0) is 15.8. The molecule has 0 spiro atoms. The van der Waals surface area contributed by atoms with E-state index in [0.29, 0.717) is 19.4 Å². The van der Waals surface area contributed by atoms with Gasteiger partial charge in [-0.3, -0.25) is 4.79 Å². The second-order valence-electron chi connectivity index (χ2n) is 5.41. The van der Waals surface area contributed by atoms with Crippen molar-refractivity contribution < 1.29 is 14.7 Å². The summed E-state index contributed by atoms with van der Waals surface area (Å²) in [5.74, 6) is -1.14. The van der Waals surface area contributed by atoms with Gasteiger partial charge in [0.15, 0.2) is 0 Å². The number of carboxylic acids is 1. The normalized spacial score (nSPS) is 12.2. The maximum Gasteiger partial charge on any atom is 0.314 e. The highest BCUT2D eigenvalue weighted by molar-refractivity contribution is 7.09. The second kappa shape index (κ2) is 8.61. The van der Waals surface area contributed by atoms with Gasteiger partial charge in [-0.2, -0.15) is 0 Å². The Morgan fingerprint density at radius 2 is 2.10 bits per heavy atom. The lowest BCUT2D eigenvalue weighted by Gasteiger charge is -2.15. The molecule has 6 nitrogen and oxygen atoms in total. The summed E-state index contributed by atoms with van der Waals surface area (Å²) in [6, 6.07) is -0.336. The first kappa shape index (κ1) is 17.4. The van der Waals surface area contributed by atoms with Crippen LogP contribution in [0.5, 0.6) is 0 Å². The molecule has 118 valence electrons. The summed E-state index contributed by atoms with van der Waals surface area (Å²) < 4.78 is 0. The van der Waals surface area contributed by atoms with Gasteiger partial charge >= 0.3 is 12.0 Å². The third kappa shape index (κ3) is 7.08. The lowest BCUT2D eigenvalue weighted by atomic mass is 9.97. The minimum absolute atomic E-state index is 0.148. The molecule has 1 aromatic heterocycles. The lowest BCUT2D eigenvalue weighted by molar-refractivity contribution is -0.142. The van der Waals surface area contributed by atoms with E-state index >= 15 is 0 Å². The van der Waals surface area contributed by atoms with Crippen LogP contribution < -0.4 is 10.6 Å². The topological polar surface area (TPSA) is 91.3 Å². The van der Waals surface area contributed by atoms with Crippen molar-refractivity contribution in [2.45, 2.75) is 33.6 Å². The number of nitrogens with one attached hydrogen (secondary N) is 2. The van der Waals surface area contributed by atoms with Crippen molar-refractivity contribution in [3.8, 4) is 0 Å². The van der Waals surface area contributed by atoms with Crippen LogP contribution in [0.1, 0.15) is 31.0 Å². The third-order valence-corrected chi connectivity index (χ3v) is 3.77. The van der Waals surface area contributed by atoms with Gasteiger partial charge in [0, 0.05) is 24.9 Å². The van der Waals surface area contributed by atoms with E-state index in [-0.39, 0.29) is 18.5 Å². The highest BCUT2D eigenvalue weighted by atomic mass is 32.1. The quantitative estimate of drug-likeness (QED) is 0.685. The fraction of sp³-hybridized carbons (Fsp3) is 0.643. The molecule has 0 bridgehead atoms. The molecule has 0 aliphatic rings. The highest BCUT2D eigenvalue weighted by Gasteiger charge is 2.19. The maximum atomic E-state index is 11.6. The Hall–Kier alpha value is -1.63. The van der Waals surface area contributed by atoms with Crippen LogP contribution >= 0.6 is 11.3 Å². The number of amides is 2. The summed E-state index contributed by atoms with van der Waals surface area (Å²) in [5.41, 5.74) is 0.959. The number of carboxylic acid groups (broad SMARTS) is 1. The lowest BCUT2D eigenvalue weighted by Crippen LogP contribution is -2.40. The summed E-state index contributed by atoms with van der Waals surface area (Å²) in [7, 11) is 0. The monoisotopic (exact) mass is 313 g/mol. The Morgan fingerprint density at radius 1 is 1.38 bits per heavy atom. The molecule has 0 aliphatic carbocycles. The van der Waals surface area contributed by atoms with E-state index in [1.807, 2.05) is 26.2 Å². The Morgan fingerprint density at radius 3 is 2.62 bits per heavy atom. The molecule has 0 radical (unpaired) electrons. The largest absolute Gasteiger partial charge is 0.481 e. The molecule has 0 fully saturated rings. The molecule has 1 unspecified atom stereocenters. The molecule has 0 aliphatic heterocycles. The first-order valence-electron chi connectivity index (χ1n) is 7.04. The van der Waals surface area contributed by atoms with Gasteiger partial charge < -0.3 is 15.7 Å². The first-order valence-corrected chi connectivity index (χ1v) is 7.92. The average molecular weight is 313 g/mol. The summed E-state index contributed by atoms with van der Waals surface area (Å²) in [6.45, 7) is 6.50. The number of hydrogen-bond donors (Lipinski definition) is 3. The van der Waals surface area contributed by atoms with Crippen LogP contribution in [0.2, 0.25) is 0 Å². The highest BCUT2D eigenvalue weighted by Crippen LogP contribution is 2.11. The van der Waals surface area contributed by atoms with E-state index in [2.05, 4.69) is 15.6 Å². The summed E-state index contributed by atoms with van der Waals surface area (Å²) >= 11 is 1.58. The number of hydrogen-bond acceptors (Lipinski definition) is 4. The molecular formula is C14H23N3O3S. The standard InChI is InChI=1S/C14H23N3O3S/c1-9(2)6-11(13(18)19)7-16-14(20)15-5-4-12-8-21-10(3)17-12/h8-9,11H,4-7H2,1-3H3,(H,18,19)(H2,15,16,20). The van der Waals surface area contributed by atoms with E-state index in [1.165, 1.54) is 0 Å². The molecule has 7 heteroatoms. The molecule has 21 heavy (non-hydrogen) atoms. The van der Waals surface area contributed by atoms with Crippen molar-refractivity contribution in [2.24, 2.45) is 11.8 Å². The average Bonchev–Trinajstić information content (AvgIpc) is 2.79. The Bertz CT molecular complexity index is 474. The van der Waals surface area contributed by atoms with Crippen molar-refractivity contribution in [1.29, 1.82) is 0 Å². The second-order valence-corrected chi connectivity index (χ2v) is 6.47. The first-order chi connectivity index (χ1) is 9.88. The number of carbonyl (C=O) groups is 2. The van der Waals surface area contributed by atoms with Crippen LogP contribution in [0.25, 0.3) is 0 Å². The molecule has 1 atom stereocenters. The van der Waals surface area contributed by atoms with Crippen LogP contribution in [0.4, 0.5) is 4.79 Å². The Labute approximate surface area is 129 Å². The number of urea groups is 1. The molecule has 1 aromatic rings. The van der Waals surface area contributed by atoms with E-state index in [9.17, 15) is 9.59 Å². The van der Waals surface area contributed by atoms with E-state index in [0.717, 1.165) is 10.7 Å². The van der Waals surface area contributed by atoms with E-state index < -0.39 is 11.9 Å². The van der Waals surface area contributed by atoms with Crippen molar-refractivity contribution in [3.63, 3.8) is 0 Å². The van der Waals surface area contributed by atoms with E-state index in [4.69, 9.17) is 5.11 Å². The molecule has 3 N–H and O–H groups in total. The summed E-state index contributed by atoms with van der Waals surface area (Å²) in [4.78, 5) is 27.0. The van der Waals surface area contributed by atoms with Gasteiger partial charge in [0.2, 0.25) is 0 Å². The zero-order valence-corrected chi connectivity index (χ0v) is 13.5. The molecule has 1 heterocycles. The van der Waals surface area contributed by atoms with Gasteiger partial charge in [-0.05, 0) is 19.3 Å². The fourth-order valence-corrected chi connectivity index (χ4v) is 2.59. The number of aryl methyl sites for hydroxylation is 1. The predicted octanol–water partition coefficient (Wildman–Crippen LogP) is 2.04. The molecule has 0 saturated carbocycles. The van der Waals surface area contributed by atoms with Crippen LogP contribution in [-0.4, -0.2) is 35.2 Å². The SMILES string of the molecule is Cc1nc(CCNC(=O)NCC(CC(C)C)C(=O)O)cs1. The smallest absolute Gasteiger partial charge is 0.314 e. The molecule has 0 aromatic carbocycles. The number of aromatic nitrogens is 1. The van der Waals surface area contributed by atoms with Crippen molar-refractivity contribution >= 4 is 23.3 Å². The van der Waals surface area contributed by atoms with Gasteiger partial charge in [0.1, 0.15) is 0 Å². The van der Waals surface area contributed by atoms with Gasteiger partial charge in [0.25, 0.3) is 0 Å². The molecule has 1 rings (SSSR count). The van der Waals surface area contributed by atoms with Crippen LogP contribution in [0.3, 0.4) is 0 Å². The summed E-state index contributed by atoms with van der Waals surface area (Å²) in [5, 5.41) is 17.4. The van der Waals surface area contributed by atoms with Gasteiger partial charge in [0.05, 0.1) is 16.6 Å². The van der Waals surface area contributed by atoms with Crippen molar-refractivity contribution in [3.05, 3.63) is 16.1 Å². The molecule has 2 amide bonds. The molecule has 0 saturated heterocycles. The van der Waals surface area contributed by atoms with Gasteiger partial charge in [-0.1, -0.05) is 13.8 Å². The number of aliphatic carboxylic acids is 1. The fourth-order valence-electron chi connectivity index (χ4n) is 1.95. The number of carbonyl (C=O) groups excluding carboxylic acids is 1. The number of thiazole rings is 1. The zero-order valence-electron chi connectivity index (χ0n) is 12.7. The van der Waals surface area contributed by atoms with Gasteiger partial charge in [-0.15, -0.1) is 11.3 Å². The van der Waals surface area contributed by atoms with Crippen molar-refractivity contribution in [1.82, 2.24) is 15.6 Å². The minimum Gasteiger partial charge on any atom is -0.481 e. The van der Waals surface area contributed by atoms with Crippen LogP contribution in [0.15, 0.2) is 5.38 Å². The van der Waals surface area contributed by atoms with Crippen LogP contribution in [0, 0.1) is 18.8 Å². The predicted molar refractivity (Wildman–Crippen MR) is 82.5 cm³/mol. The van der Waals surface area contributed by atoms with Crippen molar-refractivity contribution in [2.75, 3.05) is 13.1 Å². The Kier molecular flexibility index (Phi) is 7.14. The molecular weight excluding hydrogens is 290 g/mol. The number of rotatable bonds is 8. The van der Waals surface area contributed by atoms with Gasteiger partial charge in [-0.25, -0.2) is 9.78 Å². The number of nitrogens with zero attached hydrogens (tertiary/aromatic N) is 1. The maximum absolute atomic E-state index is 11.6. The minimum atomic E-state index is -0.873. The summed E-state index contributed by atoms with van der Waals surface area (Å²) in [6.07, 6.45) is 1.22. The van der Waals surface area contributed by atoms with Crippen LogP contribution in [-0.2, 0) is 11.2 Å².